The number of aromatic nitrogens is 5. The zero-order chi connectivity index (χ0) is 28.8. The monoisotopic (exact) mass is 558 g/mol. The molecule has 6 rings (SSSR count). The standard InChI is InChI=1S/C30H28F2N6O3/c1-17-10-23(19-12-18(2)29(24(32)13-19)41-15-26-33-16-34-35-26)28-25(11-17)37(30(40)38(28)22-8-9-22)14-27(39)36(3)21-6-4-20(31)5-7-21/h4-7,10-13,16,22H,8-9,14-15H2,1-3H3,(H,33,34,35). The van der Waals surface area contributed by atoms with Crippen LogP contribution < -0.4 is 15.3 Å². The van der Waals surface area contributed by atoms with Crippen molar-refractivity contribution in [2.45, 2.75) is 45.9 Å². The number of nitrogens with one attached hydrogen (secondary N) is 1. The van der Waals surface area contributed by atoms with Crippen molar-refractivity contribution in [1.82, 2.24) is 24.3 Å². The molecule has 1 amide bonds. The topological polar surface area (TPSA) is 98.0 Å². The van der Waals surface area contributed by atoms with Crippen LogP contribution in [-0.2, 0) is 17.9 Å². The molecule has 1 aliphatic rings. The molecule has 9 nitrogen and oxygen atoms in total. The first-order chi connectivity index (χ1) is 19.7. The van der Waals surface area contributed by atoms with Gasteiger partial charge in [-0.3, -0.25) is 19.0 Å². The van der Waals surface area contributed by atoms with Gasteiger partial charge in [-0.05, 0) is 91.9 Å². The smallest absolute Gasteiger partial charge is 0.329 e. The fraction of sp³-hybridized carbons (Fsp3) is 0.267. The number of imidazole rings is 1. The minimum absolute atomic E-state index is 0.00749. The number of carbonyl (C=O) groups is 1. The van der Waals surface area contributed by atoms with E-state index in [1.807, 2.05) is 25.1 Å². The molecule has 1 saturated carbocycles. The Morgan fingerprint density at radius 2 is 1.88 bits per heavy atom. The second kappa shape index (κ2) is 10.3. The molecule has 0 spiro atoms. The molecule has 1 N–H and O–H groups in total. The molecule has 0 atom stereocenters. The Hall–Kier alpha value is -4.80. The third kappa shape index (κ3) is 4.99. The first-order valence-electron chi connectivity index (χ1n) is 13.3. The minimum atomic E-state index is -0.537. The maximum atomic E-state index is 15.4. The molecule has 0 saturated heterocycles. The number of halogens is 2. The molecule has 1 fully saturated rings. The van der Waals surface area contributed by atoms with E-state index in [4.69, 9.17) is 4.74 Å². The Balaban J connectivity index is 1.41. The quantitative estimate of drug-likeness (QED) is 0.287. The van der Waals surface area contributed by atoms with Gasteiger partial charge >= 0.3 is 5.69 Å². The first kappa shape index (κ1) is 26.4. The van der Waals surface area contributed by atoms with Gasteiger partial charge in [0.2, 0.25) is 5.91 Å². The van der Waals surface area contributed by atoms with Crippen LogP contribution in [0.2, 0.25) is 0 Å². The molecule has 0 bridgehead atoms. The number of ether oxygens (including phenoxy) is 1. The highest BCUT2D eigenvalue weighted by Gasteiger charge is 2.31. The van der Waals surface area contributed by atoms with Crippen LogP contribution in [-0.4, -0.2) is 37.3 Å². The number of aryl methyl sites for hydroxylation is 2. The molecule has 0 aliphatic heterocycles. The number of hydrogen-bond donors (Lipinski definition) is 1. The molecular formula is C30H28F2N6O3. The van der Waals surface area contributed by atoms with Crippen LogP contribution in [0, 0.1) is 25.5 Å². The molecule has 11 heteroatoms. The number of rotatable bonds is 8. The molecular weight excluding hydrogens is 530 g/mol. The lowest BCUT2D eigenvalue weighted by atomic mass is 9.99. The lowest BCUT2D eigenvalue weighted by Crippen LogP contribution is -2.34. The number of H-pyrrole nitrogens is 1. The minimum Gasteiger partial charge on any atom is -0.482 e. The van der Waals surface area contributed by atoms with Crippen molar-refractivity contribution in [2.24, 2.45) is 0 Å². The van der Waals surface area contributed by atoms with E-state index in [1.165, 1.54) is 46.1 Å². The summed E-state index contributed by atoms with van der Waals surface area (Å²) in [5, 5.41) is 6.46. The average Bonchev–Trinajstić information content (AvgIpc) is 3.57. The highest BCUT2D eigenvalue weighted by atomic mass is 19.1. The van der Waals surface area contributed by atoms with Crippen LogP contribution >= 0.6 is 0 Å². The summed E-state index contributed by atoms with van der Waals surface area (Å²) in [6, 6.07) is 12.7. The number of nitrogens with zero attached hydrogens (tertiary/aromatic N) is 5. The SMILES string of the molecule is Cc1cc(-c2cc(C)c(OCc3ncn[nH]3)c(F)c2)c2c(c1)n(CC(=O)N(C)c1ccc(F)cc1)c(=O)n2C1CC1. The number of anilines is 1. The van der Waals surface area contributed by atoms with Gasteiger partial charge in [0.15, 0.2) is 17.4 Å². The number of hydrogen-bond acceptors (Lipinski definition) is 5. The Kier molecular flexibility index (Phi) is 6.64. The summed E-state index contributed by atoms with van der Waals surface area (Å²) in [7, 11) is 1.59. The van der Waals surface area contributed by atoms with Crippen LogP contribution in [0.1, 0.15) is 35.8 Å². The fourth-order valence-corrected chi connectivity index (χ4v) is 5.15. The van der Waals surface area contributed by atoms with Crippen molar-refractivity contribution in [3.8, 4) is 16.9 Å². The van der Waals surface area contributed by atoms with Crippen LogP contribution in [0.5, 0.6) is 5.75 Å². The molecule has 210 valence electrons. The third-order valence-electron chi connectivity index (χ3n) is 7.35. The van der Waals surface area contributed by atoms with Crippen LogP contribution in [0.15, 0.2) is 59.7 Å². The van der Waals surface area contributed by atoms with Gasteiger partial charge in [-0.1, -0.05) is 0 Å². The fourth-order valence-electron chi connectivity index (χ4n) is 5.15. The predicted octanol–water partition coefficient (Wildman–Crippen LogP) is 5.06. The number of aromatic amines is 1. The van der Waals surface area contributed by atoms with Gasteiger partial charge in [0, 0.05) is 24.3 Å². The van der Waals surface area contributed by atoms with Crippen molar-refractivity contribution < 1.29 is 18.3 Å². The van der Waals surface area contributed by atoms with E-state index in [0.717, 1.165) is 18.4 Å². The summed E-state index contributed by atoms with van der Waals surface area (Å²) in [5.74, 6) is -0.678. The summed E-state index contributed by atoms with van der Waals surface area (Å²) in [6.45, 7) is 3.50. The second-order valence-corrected chi connectivity index (χ2v) is 10.4. The van der Waals surface area contributed by atoms with E-state index in [0.29, 0.717) is 39.2 Å². The first-order valence-corrected chi connectivity index (χ1v) is 13.3. The van der Waals surface area contributed by atoms with Crippen molar-refractivity contribution in [1.29, 1.82) is 0 Å². The lowest BCUT2D eigenvalue weighted by molar-refractivity contribution is -0.118. The zero-order valence-electron chi connectivity index (χ0n) is 22.8. The Labute approximate surface area is 234 Å². The molecule has 5 aromatic rings. The molecule has 2 heterocycles. The Bertz CT molecular complexity index is 1800. The molecule has 41 heavy (non-hydrogen) atoms. The maximum absolute atomic E-state index is 15.4. The van der Waals surface area contributed by atoms with E-state index in [9.17, 15) is 14.0 Å². The van der Waals surface area contributed by atoms with Crippen molar-refractivity contribution in [3.63, 3.8) is 0 Å². The zero-order valence-corrected chi connectivity index (χ0v) is 22.8. The van der Waals surface area contributed by atoms with Gasteiger partial charge in [-0.25, -0.2) is 18.6 Å². The summed E-state index contributed by atoms with van der Waals surface area (Å²) < 4.78 is 37.7. The van der Waals surface area contributed by atoms with Gasteiger partial charge in [-0.2, -0.15) is 5.10 Å². The summed E-state index contributed by atoms with van der Waals surface area (Å²) in [4.78, 5) is 32.5. The number of amides is 1. The Morgan fingerprint density at radius 1 is 1.12 bits per heavy atom. The highest BCUT2D eigenvalue weighted by Crippen LogP contribution is 2.41. The number of likely N-dealkylation sites (N-methyl/N-ethyl adjacent to an activating group) is 1. The number of fused-ring (bicyclic) bond motifs is 1. The van der Waals surface area contributed by atoms with Crippen LogP contribution in [0.3, 0.4) is 0 Å². The summed E-state index contributed by atoms with van der Waals surface area (Å²) >= 11 is 0. The normalized spacial score (nSPS) is 13.1. The van der Waals surface area contributed by atoms with Crippen molar-refractivity contribution in [3.05, 3.63) is 93.9 Å². The van der Waals surface area contributed by atoms with Gasteiger partial charge < -0.3 is 9.64 Å². The van der Waals surface area contributed by atoms with E-state index < -0.39 is 11.6 Å². The predicted molar refractivity (Wildman–Crippen MR) is 150 cm³/mol. The second-order valence-electron chi connectivity index (χ2n) is 10.4. The number of carbonyl (C=O) groups excluding carboxylic acids is 1. The molecule has 0 radical (unpaired) electrons. The van der Waals surface area contributed by atoms with Gasteiger partial charge in [-0.15, -0.1) is 0 Å². The van der Waals surface area contributed by atoms with Gasteiger partial charge in [0.1, 0.15) is 25.3 Å². The lowest BCUT2D eigenvalue weighted by Gasteiger charge is -2.17. The Morgan fingerprint density at radius 3 is 2.54 bits per heavy atom. The maximum Gasteiger partial charge on any atom is 0.329 e. The molecule has 2 aromatic heterocycles. The van der Waals surface area contributed by atoms with Crippen molar-refractivity contribution in [2.75, 3.05) is 11.9 Å². The van der Waals surface area contributed by atoms with E-state index in [2.05, 4.69) is 15.2 Å². The van der Waals surface area contributed by atoms with E-state index >= 15 is 4.39 Å². The van der Waals surface area contributed by atoms with E-state index in [-0.39, 0.29) is 36.5 Å². The summed E-state index contributed by atoms with van der Waals surface area (Å²) in [5.41, 5.74) is 4.23. The van der Waals surface area contributed by atoms with Crippen molar-refractivity contribution >= 4 is 22.6 Å². The largest absolute Gasteiger partial charge is 0.482 e. The van der Waals surface area contributed by atoms with Gasteiger partial charge in [0.05, 0.1) is 11.0 Å². The summed E-state index contributed by atoms with van der Waals surface area (Å²) in [6.07, 6.45) is 3.04. The van der Waals surface area contributed by atoms with Gasteiger partial charge in [0.25, 0.3) is 0 Å². The number of benzene rings is 3. The molecule has 3 aromatic carbocycles. The average molecular weight is 559 g/mol. The molecule has 0 unspecified atom stereocenters. The van der Waals surface area contributed by atoms with Crippen LogP contribution in [0.25, 0.3) is 22.2 Å². The van der Waals surface area contributed by atoms with Crippen LogP contribution in [0.4, 0.5) is 14.5 Å². The van der Waals surface area contributed by atoms with E-state index in [1.54, 1.807) is 18.5 Å². The highest BCUT2D eigenvalue weighted by molar-refractivity contribution is 5.97. The molecule has 1 aliphatic carbocycles. The third-order valence-corrected chi connectivity index (χ3v) is 7.35.